The average Bonchev–Trinajstić information content (AvgIpc) is 2.55. The standard InChI is InChI=1S/C5H3BrN4S/c6-5-9-4(10-11-5)3-7-1-2-8-3/h1-2H,(H,7,8). The van der Waals surface area contributed by atoms with Crippen LogP contribution in [0.4, 0.5) is 0 Å². The summed E-state index contributed by atoms with van der Waals surface area (Å²) in [5.41, 5.74) is 0. The second kappa shape index (κ2) is 2.71. The Hall–Kier alpha value is -0.750. The maximum atomic E-state index is 4.08. The fourth-order valence-electron chi connectivity index (χ4n) is 0.689. The fraction of sp³-hybridized carbons (Fsp3) is 0. The van der Waals surface area contributed by atoms with Gasteiger partial charge in [-0.15, -0.1) is 0 Å². The lowest BCUT2D eigenvalue weighted by atomic mass is 10.6. The van der Waals surface area contributed by atoms with Crippen molar-refractivity contribution in [1.29, 1.82) is 0 Å². The molecule has 0 fully saturated rings. The summed E-state index contributed by atoms with van der Waals surface area (Å²) in [6, 6.07) is 0. The van der Waals surface area contributed by atoms with Crippen LogP contribution in [0.15, 0.2) is 16.3 Å². The van der Waals surface area contributed by atoms with E-state index in [9.17, 15) is 0 Å². The van der Waals surface area contributed by atoms with Gasteiger partial charge in [0.25, 0.3) is 0 Å². The second-order valence-electron chi connectivity index (χ2n) is 1.81. The predicted octanol–water partition coefficient (Wildman–Crippen LogP) is 1.69. The molecule has 0 unspecified atom stereocenters. The van der Waals surface area contributed by atoms with Crippen molar-refractivity contribution >= 4 is 27.5 Å². The Morgan fingerprint density at radius 2 is 2.45 bits per heavy atom. The SMILES string of the molecule is Brc1nc(-c2ncc[nH]2)ns1. The molecule has 0 aliphatic heterocycles. The molecule has 6 heteroatoms. The monoisotopic (exact) mass is 230 g/mol. The van der Waals surface area contributed by atoms with Crippen LogP contribution in [0.25, 0.3) is 11.6 Å². The first-order valence-corrected chi connectivity index (χ1v) is 4.42. The van der Waals surface area contributed by atoms with Crippen LogP contribution in [-0.4, -0.2) is 19.3 Å². The summed E-state index contributed by atoms with van der Waals surface area (Å²) in [4.78, 5) is 11.0. The van der Waals surface area contributed by atoms with Gasteiger partial charge in [0.2, 0.25) is 5.82 Å². The van der Waals surface area contributed by atoms with E-state index in [1.165, 1.54) is 11.5 Å². The minimum atomic E-state index is 0.631. The van der Waals surface area contributed by atoms with Crippen molar-refractivity contribution in [3.63, 3.8) is 0 Å². The number of halogens is 1. The van der Waals surface area contributed by atoms with Crippen LogP contribution in [0.1, 0.15) is 0 Å². The molecule has 4 nitrogen and oxygen atoms in total. The molecule has 2 aromatic heterocycles. The van der Waals surface area contributed by atoms with Gasteiger partial charge in [0, 0.05) is 12.4 Å². The Labute approximate surface area is 75.0 Å². The van der Waals surface area contributed by atoms with Crippen LogP contribution in [0.2, 0.25) is 0 Å². The van der Waals surface area contributed by atoms with Crippen LogP contribution in [0.5, 0.6) is 0 Å². The zero-order valence-electron chi connectivity index (χ0n) is 5.28. The summed E-state index contributed by atoms with van der Waals surface area (Å²) >= 11 is 4.52. The van der Waals surface area contributed by atoms with E-state index in [1.807, 2.05) is 0 Å². The molecule has 0 saturated carbocycles. The molecular weight excluding hydrogens is 228 g/mol. The largest absolute Gasteiger partial charge is 0.342 e. The normalized spacial score (nSPS) is 10.3. The Bertz CT molecular complexity index is 341. The fourth-order valence-corrected chi connectivity index (χ4v) is 1.49. The number of aromatic nitrogens is 4. The summed E-state index contributed by atoms with van der Waals surface area (Å²) in [6.45, 7) is 0. The predicted molar refractivity (Wildman–Crippen MR) is 45.2 cm³/mol. The zero-order valence-corrected chi connectivity index (χ0v) is 7.69. The number of aromatic amines is 1. The number of H-pyrrole nitrogens is 1. The van der Waals surface area contributed by atoms with Gasteiger partial charge >= 0.3 is 0 Å². The van der Waals surface area contributed by atoms with Crippen molar-refractivity contribution < 1.29 is 0 Å². The molecular formula is C5H3BrN4S. The minimum absolute atomic E-state index is 0.631. The minimum Gasteiger partial charge on any atom is -0.342 e. The summed E-state index contributed by atoms with van der Waals surface area (Å²) in [5, 5.41) is 0. The average molecular weight is 231 g/mol. The first-order chi connectivity index (χ1) is 5.36. The van der Waals surface area contributed by atoms with Gasteiger partial charge in [-0.1, -0.05) is 0 Å². The summed E-state index contributed by atoms with van der Waals surface area (Å²) < 4.78 is 4.82. The highest BCUT2D eigenvalue weighted by atomic mass is 79.9. The van der Waals surface area contributed by atoms with E-state index in [-0.39, 0.29) is 0 Å². The Morgan fingerprint density at radius 3 is 3.00 bits per heavy atom. The Balaban J connectivity index is 2.45. The van der Waals surface area contributed by atoms with Gasteiger partial charge in [0.05, 0.1) is 0 Å². The van der Waals surface area contributed by atoms with Crippen molar-refractivity contribution in [3.05, 3.63) is 16.3 Å². The first kappa shape index (κ1) is 6.93. The van der Waals surface area contributed by atoms with Gasteiger partial charge in [-0.25, -0.2) is 9.97 Å². The Morgan fingerprint density at radius 1 is 1.55 bits per heavy atom. The van der Waals surface area contributed by atoms with Gasteiger partial charge in [0.1, 0.15) is 0 Å². The van der Waals surface area contributed by atoms with Gasteiger partial charge in [0.15, 0.2) is 9.74 Å². The van der Waals surface area contributed by atoms with E-state index >= 15 is 0 Å². The lowest BCUT2D eigenvalue weighted by molar-refractivity contribution is 1.20. The number of imidazole rings is 1. The maximum Gasteiger partial charge on any atom is 0.209 e. The molecule has 0 saturated heterocycles. The number of hydrogen-bond donors (Lipinski definition) is 1. The van der Waals surface area contributed by atoms with E-state index in [0.29, 0.717) is 11.6 Å². The third-order valence-electron chi connectivity index (χ3n) is 1.11. The highest BCUT2D eigenvalue weighted by Gasteiger charge is 2.05. The Kier molecular flexibility index (Phi) is 1.71. The maximum absolute atomic E-state index is 4.08. The van der Waals surface area contributed by atoms with Crippen LogP contribution in [-0.2, 0) is 0 Å². The molecule has 2 heterocycles. The number of nitrogens with zero attached hydrogens (tertiary/aromatic N) is 3. The van der Waals surface area contributed by atoms with Crippen molar-refractivity contribution in [2.24, 2.45) is 0 Å². The van der Waals surface area contributed by atoms with E-state index in [1.54, 1.807) is 12.4 Å². The smallest absolute Gasteiger partial charge is 0.209 e. The quantitative estimate of drug-likeness (QED) is 0.812. The van der Waals surface area contributed by atoms with Crippen molar-refractivity contribution in [2.75, 3.05) is 0 Å². The van der Waals surface area contributed by atoms with Crippen molar-refractivity contribution in [2.45, 2.75) is 0 Å². The number of nitrogens with one attached hydrogen (secondary N) is 1. The van der Waals surface area contributed by atoms with Gasteiger partial charge in [-0.05, 0) is 27.5 Å². The molecule has 0 atom stereocenters. The summed E-state index contributed by atoms with van der Waals surface area (Å²) in [6.07, 6.45) is 3.41. The third-order valence-corrected chi connectivity index (χ3v) is 2.23. The molecule has 56 valence electrons. The topological polar surface area (TPSA) is 54.5 Å². The molecule has 0 radical (unpaired) electrons. The number of rotatable bonds is 1. The highest BCUT2D eigenvalue weighted by Crippen LogP contribution is 2.17. The van der Waals surface area contributed by atoms with E-state index in [0.717, 1.165) is 3.92 Å². The molecule has 1 N–H and O–H groups in total. The first-order valence-electron chi connectivity index (χ1n) is 2.85. The molecule has 2 aromatic rings. The highest BCUT2D eigenvalue weighted by molar-refractivity contribution is 9.11. The van der Waals surface area contributed by atoms with E-state index in [4.69, 9.17) is 0 Å². The van der Waals surface area contributed by atoms with Crippen LogP contribution in [0, 0.1) is 0 Å². The van der Waals surface area contributed by atoms with Crippen LogP contribution < -0.4 is 0 Å². The molecule has 2 rings (SSSR count). The van der Waals surface area contributed by atoms with Crippen molar-refractivity contribution in [1.82, 2.24) is 19.3 Å². The molecule has 0 aliphatic rings. The van der Waals surface area contributed by atoms with Gasteiger partial charge in [-0.3, -0.25) is 0 Å². The van der Waals surface area contributed by atoms with Crippen LogP contribution in [0.3, 0.4) is 0 Å². The van der Waals surface area contributed by atoms with Gasteiger partial charge in [-0.2, -0.15) is 4.37 Å². The lowest BCUT2D eigenvalue weighted by Crippen LogP contribution is -1.81. The molecule has 0 spiro atoms. The van der Waals surface area contributed by atoms with Crippen molar-refractivity contribution in [3.8, 4) is 11.6 Å². The zero-order chi connectivity index (χ0) is 7.68. The van der Waals surface area contributed by atoms with E-state index < -0.39 is 0 Å². The third kappa shape index (κ3) is 1.31. The summed E-state index contributed by atoms with van der Waals surface area (Å²) in [5.74, 6) is 1.33. The lowest BCUT2D eigenvalue weighted by Gasteiger charge is -1.82. The number of hydrogen-bond acceptors (Lipinski definition) is 4. The molecule has 11 heavy (non-hydrogen) atoms. The molecule has 0 aromatic carbocycles. The molecule has 0 bridgehead atoms. The second-order valence-corrected chi connectivity index (χ2v) is 3.84. The molecule has 0 amide bonds. The summed E-state index contributed by atoms with van der Waals surface area (Å²) in [7, 11) is 0. The molecule has 0 aliphatic carbocycles. The van der Waals surface area contributed by atoms with Crippen LogP contribution >= 0.6 is 27.5 Å². The van der Waals surface area contributed by atoms with Gasteiger partial charge < -0.3 is 4.98 Å². The van der Waals surface area contributed by atoms with E-state index in [2.05, 4.69) is 35.3 Å².